The summed E-state index contributed by atoms with van der Waals surface area (Å²) < 4.78 is 0. The van der Waals surface area contributed by atoms with Crippen molar-refractivity contribution in [1.29, 1.82) is 0 Å². The summed E-state index contributed by atoms with van der Waals surface area (Å²) in [5, 5.41) is 0. The zero-order chi connectivity index (χ0) is 10.8. The second-order valence-electron chi connectivity index (χ2n) is 3.85. The molecule has 0 atom stereocenters. The van der Waals surface area contributed by atoms with Gasteiger partial charge < -0.3 is 0 Å². The van der Waals surface area contributed by atoms with Gasteiger partial charge in [-0.05, 0) is 31.3 Å². The lowest BCUT2D eigenvalue weighted by Gasteiger charge is -2.17. The van der Waals surface area contributed by atoms with Crippen molar-refractivity contribution in [2.24, 2.45) is 0 Å². The van der Waals surface area contributed by atoms with Gasteiger partial charge in [0, 0.05) is 0 Å². The van der Waals surface area contributed by atoms with Gasteiger partial charge in [0.05, 0.1) is 0 Å². The zero-order valence-corrected chi connectivity index (χ0v) is 10.8. The second kappa shape index (κ2) is 9.46. The first-order valence-corrected chi connectivity index (χ1v) is 7.64. The molecule has 14 heavy (non-hydrogen) atoms. The highest BCUT2D eigenvalue weighted by Crippen LogP contribution is 2.39. The summed E-state index contributed by atoms with van der Waals surface area (Å²) in [5.41, 5.74) is 1.44. The zero-order valence-electron chi connectivity index (χ0n) is 9.89. The summed E-state index contributed by atoms with van der Waals surface area (Å²) in [5.74, 6) is 0. The Balaban J connectivity index is 3.76. The molecule has 0 unspecified atom stereocenters. The summed E-state index contributed by atoms with van der Waals surface area (Å²) in [6.07, 6.45) is 11.1. The lowest BCUT2D eigenvalue weighted by atomic mass is 10.2. The van der Waals surface area contributed by atoms with Crippen molar-refractivity contribution in [2.45, 2.75) is 39.5 Å². The molecular weight excluding hydrogens is 187 g/mol. The Morgan fingerprint density at radius 1 is 1.21 bits per heavy atom. The summed E-state index contributed by atoms with van der Waals surface area (Å²) in [6.45, 7) is 12.5. The Kier molecular flexibility index (Phi) is 9.40. The molecule has 0 radical (unpaired) electrons. The van der Waals surface area contributed by atoms with E-state index in [1.165, 1.54) is 36.9 Å². The maximum Gasteiger partial charge on any atom is -0.0117 e. The molecule has 0 rings (SSSR count). The van der Waals surface area contributed by atoms with E-state index < -0.39 is 0 Å². The number of rotatable bonds is 9. The summed E-state index contributed by atoms with van der Waals surface area (Å²) in [6, 6.07) is 0. The molecule has 0 heterocycles. The Morgan fingerprint density at radius 3 is 2.21 bits per heavy atom. The third kappa shape index (κ3) is 7.33. The Labute approximate surface area is 91.2 Å². The number of hydrogen-bond donors (Lipinski definition) is 0. The van der Waals surface area contributed by atoms with Crippen LogP contribution >= 0.6 is 7.92 Å². The first-order valence-electron chi connectivity index (χ1n) is 5.74. The topological polar surface area (TPSA) is 0 Å². The summed E-state index contributed by atoms with van der Waals surface area (Å²) in [4.78, 5) is 0. The van der Waals surface area contributed by atoms with Crippen LogP contribution < -0.4 is 0 Å². The van der Waals surface area contributed by atoms with Gasteiger partial charge in [0.15, 0.2) is 0 Å². The molecule has 1 heteroatoms. The quantitative estimate of drug-likeness (QED) is 0.380. The van der Waals surface area contributed by atoms with Crippen molar-refractivity contribution < 1.29 is 0 Å². The third-order valence-electron chi connectivity index (χ3n) is 2.23. The average Bonchev–Trinajstić information content (AvgIpc) is 2.15. The van der Waals surface area contributed by atoms with Gasteiger partial charge in [-0.3, -0.25) is 0 Å². The lowest BCUT2D eigenvalue weighted by Crippen LogP contribution is -1.96. The predicted molar refractivity (Wildman–Crippen MR) is 70.7 cm³/mol. The minimum absolute atomic E-state index is 0.249. The molecule has 0 aromatic heterocycles. The maximum absolute atomic E-state index is 4.16. The van der Waals surface area contributed by atoms with Crippen molar-refractivity contribution in [1.82, 2.24) is 0 Å². The molecule has 0 saturated carbocycles. The van der Waals surface area contributed by atoms with E-state index >= 15 is 0 Å². The van der Waals surface area contributed by atoms with E-state index in [0.29, 0.717) is 0 Å². The highest BCUT2D eigenvalue weighted by molar-refractivity contribution is 7.57. The van der Waals surface area contributed by atoms with Gasteiger partial charge in [0.2, 0.25) is 0 Å². The van der Waals surface area contributed by atoms with E-state index in [0.717, 1.165) is 12.8 Å². The van der Waals surface area contributed by atoms with Gasteiger partial charge in [-0.15, -0.1) is 14.5 Å². The van der Waals surface area contributed by atoms with E-state index in [4.69, 9.17) is 0 Å². The second-order valence-corrected chi connectivity index (χ2v) is 6.41. The van der Waals surface area contributed by atoms with Crippen LogP contribution in [0.4, 0.5) is 0 Å². The van der Waals surface area contributed by atoms with E-state index in [2.05, 4.69) is 27.0 Å². The standard InChI is InChI=1S/C13H25P/c1-5-8-9-13(4)12-14(10-6-2)11-7-3/h5H,1,4,6-12H2,2-3H3. The SMILES string of the molecule is C=CCCC(=C)CP(CCC)CCC. The molecule has 0 saturated heterocycles. The molecule has 0 fully saturated rings. The fourth-order valence-electron chi connectivity index (χ4n) is 1.60. The highest BCUT2D eigenvalue weighted by atomic mass is 31.1. The molecule has 0 bridgehead atoms. The third-order valence-corrected chi connectivity index (χ3v) is 5.28. The molecule has 0 aliphatic carbocycles. The normalized spacial score (nSPS) is 10.5. The van der Waals surface area contributed by atoms with Gasteiger partial charge in [0.1, 0.15) is 0 Å². The lowest BCUT2D eigenvalue weighted by molar-refractivity contribution is 0.979. The van der Waals surface area contributed by atoms with Crippen LogP contribution in [0.2, 0.25) is 0 Å². The molecule has 0 spiro atoms. The molecule has 0 nitrogen and oxygen atoms in total. The van der Waals surface area contributed by atoms with Crippen LogP contribution in [-0.4, -0.2) is 18.5 Å². The fraction of sp³-hybridized carbons (Fsp3) is 0.692. The van der Waals surface area contributed by atoms with E-state index in [1.807, 2.05) is 6.08 Å². The van der Waals surface area contributed by atoms with Gasteiger partial charge in [0.25, 0.3) is 0 Å². The monoisotopic (exact) mass is 212 g/mol. The minimum atomic E-state index is 0.249. The molecule has 0 aromatic carbocycles. The van der Waals surface area contributed by atoms with Crippen LogP contribution in [0.25, 0.3) is 0 Å². The van der Waals surface area contributed by atoms with Crippen LogP contribution in [0.5, 0.6) is 0 Å². The first-order chi connectivity index (χ1) is 6.74. The van der Waals surface area contributed by atoms with E-state index in [1.54, 1.807) is 0 Å². The van der Waals surface area contributed by atoms with Crippen molar-refractivity contribution in [3.63, 3.8) is 0 Å². The van der Waals surface area contributed by atoms with Gasteiger partial charge in [-0.25, -0.2) is 0 Å². The van der Waals surface area contributed by atoms with Crippen molar-refractivity contribution in [3.8, 4) is 0 Å². The minimum Gasteiger partial charge on any atom is -0.103 e. The summed E-state index contributed by atoms with van der Waals surface area (Å²) in [7, 11) is 0.249. The molecule has 82 valence electrons. The largest absolute Gasteiger partial charge is 0.103 e. The smallest absolute Gasteiger partial charge is 0.0117 e. The van der Waals surface area contributed by atoms with Crippen LogP contribution in [0.3, 0.4) is 0 Å². The Morgan fingerprint density at radius 2 is 1.79 bits per heavy atom. The maximum atomic E-state index is 4.16. The Hall–Kier alpha value is -0.0900. The van der Waals surface area contributed by atoms with Crippen molar-refractivity contribution >= 4 is 7.92 Å². The fourth-order valence-corrected chi connectivity index (χ4v) is 4.20. The average molecular weight is 212 g/mol. The Bertz CT molecular complexity index is 155. The van der Waals surface area contributed by atoms with Crippen LogP contribution in [-0.2, 0) is 0 Å². The molecule has 0 amide bonds. The van der Waals surface area contributed by atoms with Crippen LogP contribution in [0.15, 0.2) is 24.8 Å². The molecule has 0 aliphatic heterocycles. The van der Waals surface area contributed by atoms with Crippen LogP contribution in [0.1, 0.15) is 39.5 Å². The first kappa shape index (κ1) is 13.9. The molecule has 0 N–H and O–H groups in total. The number of hydrogen-bond acceptors (Lipinski definition) is 0. The predicted octanol–water partition coefficient (Wildman–Crippen LogP) is 4.81. The van der Waals surface area contributed by atoms with Gasteiger partial charge in [-0.2, -0.15) is 0 Å². The van der Waals surface area contributed by atoms with E-state index in [-0.39, 0.29) is 7.92 Å². The molecule has 0 aromatic rings. The van der Waals surface area contributed by atoms with Crippen molar-refractivity contribution in [3.05, 3.63) is 24.8 Å². The number of allylic oxidation sites excluding steroid dienone is 2. The summed E-state index contributed by atoms with van der Waals surface area (Å²) >= 11 is 0. The molecular formula is C13H25P. The van der Waals surface area contributed by atoms with E-state index in [9.17, 15) is 0 Å². The van der Waals surface area contributed by atoms with Crippen molar-refractivity contribution in [2.75, 3.05) is 18.5 Å². The molecule has 0 aliphatic rings. The van der Waals surface area contributed by atoms with Gasteiger partial charge in [-0.1, -0.05) is 44.9 Å². The van der Waals surface area contributed by atoms with Gasteiger partial charge >= 0.3 is 0 Å². The van der Waals surface area contributed by atoms with Crippen LogP contribution in [0, 0.1) is 0 Å². The highest BCUT2D eigenvalue weighted by Gasteiger charge is 2.06.